The Hall–Kier alpha value is -0.580. The molecule has 0 saturated heterocycles. The van der Waals surface area contributed by atoms with Crippen LogP contribution >= 0.6 is 15.9 Å². The fraction of sp³-hybridized carbons (Fsp3) is 0.500. The monoisotopic (exact) mass is 287 g/mol. The minimum Gasteiger partial charge on any atom is -0.497 e. The number of hydrogen-bond acceptors (Lipinski definition) is 3. The minimum absolute atomic E-state index is 0.00778. The Morgan fingerprint density at radius 1 is 1.50 bits per heavy atom. The number of hydrogen-bond donors (Lipinski definition) is 2. The lowest BCUT2D eigenvalue weighted by atomic mass is 10.0. The number of likely N-dealkylation sites (N-methyl/N-ethyl adjacent to an activating group) is 1. The summed E-state index contributed by atoms with van der Waals surface area (Å²) in [5.74, 6) is 0.751. The molecule has 1 aromatic carbocycles. The predicted octanol–water partition coefficient (Wildman–Crippen LogP) is 2.49. The normalized spacial score (nSPS) is 14.6. The van der Waals surface area contributed by atoms with Crippen molar-refractivity contribution in [2.75, 3.05) is 13.7 Å². The summed E-state index contributed by atoms with van der Waals surface area (Å²) in [5.41, 5.74) is 0.841. The molecule has 0 saturated carbocycles. The molecule has 2 unspecified atom stereocenters. The van der Waals surface area contributed by atoms with Gasteiger partial charge in [-0.1, -0.05) is 22.9 Å². The van der Waals surface area contributed by atoms with Crippen LogP contribution in [0.4, 0.5) is 0 Å². The molecule has 0 aliphatic carbocycles. The van der Waals surface area contributed by atoms with Gasteiger partial charge < -0.3 is 15.2 Å². The van der Waals surface area contributed by atoms with Crippen LogP contribution in [-0.4, -0.2) is 24.8 Å². The van der Waals surface area contributed by atoms with E-state index in [0.29, 0.717) is 0 Å². The lowest BCUT2D eigenvalue weighted by Crippen LogP contribution is -2.32. The van der Waals surface area contributed by atoms with E-state index in [-0.39, 0.29) is 6.04 Å². The number of methoxy groups -OCH3 is 1. The van der Waals surface area contributed by atoms with Crippen molar-refractivity contribution < 1.29 is 9.84 Å². The van der Waals surface area contributed by atoms with Crippen LogP contribution in [-0.2, 0) is 0 Å². The van der Waals surface area contributed by atoms with E-state index in [0.717, 1.165) is 22.3 Å². The SMILES string of the molecule is CCNC(C)C(O)c1cc(OC)ccc1Br. The maximum atomic E-state index is 10.2. The van der Waals surface area contributed by atoms with Crippen LogP contribution in [0.25, 0.3) is 0 Å². The number of rotatable bonds is 5. The molecule has 0 aliphatic rings. The van der Waals surface area contributed by atoms with Crippen LogP contribution in [0.2, 0.25) is 0 Å². The van der Waals surface area contributed by atoms with Crippen molar-refractivity contribution in [3.8, 4) is 5.75 Å². The van der Waals surface area contributed by atoms with E-state index in [1.165, 1.54) is 0 Å². The van der Waals surface area contributed by atoms with Gasteiger partial charge in [0.25, 0.3) is 0 Å². The molecule has 16 heavy (non-hydrogen) atoms. The van der Waals surface area contributed by atoms with Crippen LogP contribution in [0.3, 0.4) is 0 Å². The molecule has 0 fully saturated rings. The number of aliphatic hydroxyl groups is 1. The predicted molar refractivity (Wildman–Crippen MR) is 68.8 cm³/mol. The summed E-state index contributed by atoms with van der Waals surface area (Å²) in [6.07, 6.45) is -0.551. The standard InChI is InChI=1S/C12H18BrNO2/c1-4-14-8(2)12(15)10-7-9(16-3)5-6-11(10)13/h5-8,12,14-15H,4H2,1-3H3. The van der Waals surface area contributed by atoms with Gasteiger partial charge >= 0.3 is 0 Å². The molecule has 0 heterocycles. The Kier molecular flexibility index (Phi) is 5.25. The van der Waals surface area contributed by atoms with Gasteiger partial charge in [0.1, 0.15) is 5.75 Å². The van der Waals surface area contributed by atoms with Crippen LogP contribution in [0, 0.1) is 0 Å². The van der Waals surface area contributed by atoms with E-state index in [9.17, 15) is 5.11 Å². The van der Waals surface area contributed by atoms with Crippen molar-refractivity contribution in [1.29, 1.82) is 0 Å². The van der Waals surface area contributed by atoms with Crippen LogP contribution in [0.15, 0.2) is 22.7 Å². The Balaban J connectivity index is 2.92. The number of aliphatic hydroxyl groups excluding tert-OH is 1. The van der Waals surface area contributed by atoms with Crippen molar-refractivity contribution >= 4 is 15.9 Å². The zero-order valence-corrected chi connectivity index (χ0v) is 11.4. The summed E-state index contributed by atoms with van der Waals surface area (Å²) >= 11 is 3.44. The molecule has 0 spiro atoms. The number of nitrogens with one attached hydrogen (secondary N) is 1. The third-order valence-corrected chi connectivity index (χ3v) is 3.24. The minimum atomic E-state index is -0.551. The second-order valence-corrected chi connectivity index (χ2v) is 4.53. The molecule has 0 aliphatic heterocycles. The molecule has 4 heteroatoms. The third kappa shape index (κ3) is 3.20. The number of benzene rings is 1. The highest BCUT2D eigenvalue weighted by atomic mass is 79.9. The topological polar surface area (TPSA) is 41.5 Å². The van der Waals surface area contributed by atoms with Crippen LogP contribution < -0.4 is 10.1 Å². The largest absolute Gasteiger partial charge is 0.497 e. The summed E-state index contributed by atoms with van der Waals surface area (Å²) in [5, 5.41) is 13.4. The van der Waals surface area contributed by atoms with Crippen molar-refractivity contribution in [3.05, 3.63) is 28.2 Å². The molecule has 2 atom stereocenters. The Labute approximate surface area is 105 Å². The van der Waals surface area contributed by atoms with Gasteiger partial charge in [0, 0.05) is 10.5 Å². The van der Waals surface area contributed by atoms with E-state index in [1.807, 2.05) is 32.0 Å². The molecule has 0 radical (unpaired) electrons. The van der Waals surface area contributed by atoms with Crippen molar-refractivity contribution in [1.82, 2.24) is 5.32 Å². The van der Waals surface area contributed by atoms with Crippen LogP contribution in [0.5, 0.6) is 5.75 Å². The molecule has 0 amide bonds. The fourth-order valence-electron chi connectivity index (χ4n) is 1.58. The second kappa shape index (κ2) is 6.23. The summed E-state index contributed by atoms with van der Waals surface area (Å²) < 4.78 is 6.04. The van der Waals surface area contributed by atoms with E-state index in [4.69, 9.17) is 4.74 Å². The first-order valence-electron chi connectivity index (χ1n) is 5.35. The van der Waals surface area contributed by atoms with Gasteiger partial charge in [-0.25, -0.2) is 0 Å². The lowest BCUT2D eigenvalue weighted by Gasteiger charge is -2.21. The first-order valence-corrected chi connectivity index (χ1v) is 6.14. The first kappa shape index (κ1) is 13.5. The van der Waals surface area contributed by atoms with Gasteiger partial charge in [-0.3, -0.25) is 0 Å². The zero-order valence-electron chi connectivity index (χ0n) is 9.83. The molecule has 0 bridgehead atoms. The fourth-order valence-corrected chi connectivity index (χ4v) is 2.06. The average molecular weight is 288 g/mol. The quantitative estimate of drug-likeness (QED) is 0.874. The number of halogens is 1. The number of ether oxygens (including phenoxy) is 1. The van der Waals surface area contributed by atoms with Crippen molar-refractivity contribution in [2.45, 2.75) is 26.0 Å². The van der Waals surface area contributed by atoms with Gasteiger partial charge in [0.2, 0.25) is 0 Å². The molecular weight excluding hydrogens is 270 g/mol. The molecule has 1 rings (SSSR count). The molecule has 2 N–H and O–H groups in total. The lowest BCUT2D eigenvalue weighted by molar-refractivity contribution is 0.136. The highest BCUT2D eigenvalue weighted by Crippen LogP contribution is 2.29. The maximum Gasteiger partial charge on any atom is 0.119 e. The van der Waals surface area contributed by atoms with Gasteiger partial charge in [-0.05, 0) is 37.2 Å². The second-order valence-electron chi connectivity index (χ2n) is 3.68. The van der Waals surface area contributed by atoms with Gasteiger partial charge in [-0.15, -0.1) is 0 Å². The Morgan fingerprint density at radius 2 is 2.19 bits per heavy atom. The maximum absolute atomic E-state index is 10.2. The van der Waals surface area contributed by atoms with Crippen molar-refractivity contribution in [3.63, 3.8) is 0 Å². The highest BCUT2D eigenvalue weighted by molar-refractivity contribution is 9.10. The summed E-state index contributed by atoms with van der Waals surface area (Å²) in [7, 11) is 1.62. The molecule has 90 valence electrons. The van der Waals surface area contributed by atoms with E-state index < -0.39 is 6.10 Å². The summed E-state index contributed by atoms with van der Waals surface area (Å²) in [6, 6.07) is 5.60. The van der Waals surface area contributed by atoms with E-state index in [2.05, 4.69) is 21.2 Å². The van der Waals surface area contributed by atoms with Gasteiger partial charge in [0.05, 0.1) is 13.2 Å². The van der Waals surface area contributed by atoms with Crippen LogP contribution in [0.1, 0.15) is 25.5 Å². The van der Waals surface area contributed by atoms with E-state index >= 15 is 0 Å². The van der Waals surface area contributed by atoms with Crippen molar-refractivity contribution in [2.24, 2.45) is 0 Å². The van der Waals surface area contributed by atoms with Gasteiger partial charge in [0.15, 0.2) is 0 Å². The molecule has 3 nitrogen and oxygen atoms in total. The molecule has 0 aromatic heterocycles. The summed E-state index contributed by atoms with van der Waals surface area (Å²) in [6.45, 7) is 4.81. The Morgan fingerprint density at radius 3 is 2.75 bits per heavy atom. The first-order chi connectivity index (χ1) is 7.60. The Bertz CT molecular complexity index is 344. The smallest absolute Gasteiger partial charge is 0.119 e. The zero-order chi connectivity index (χ0) is 12.1. The molecular formula is C12H18BrNO2. The van der Waals surface area contributed by atoms with Gasteiger partial charge in [-0.2, -0.15) is 0 Å². The average Bonchev–Trinajstić information content (AvgIpc) is 2.29. The van der Waals surface area contributed by atoms with E-state index in [1.54, 1.807) is 7.11 Å². The third-order valence-electron chi connectivity index (χ3n) is 2.52. The highest BCUT2D eigenvalue weighted by Gasteiger charge is 2.18. The molecule has 1 aromatic rings. The summed E-state index contributed by atoms with van der Waals surface area (Å²) in [4.78, 5) is 0.